The molecule has 13 heteroatoms. The van der Waals surface area contributed by atoms with Gasteiger partial charge in [0, 0.05) is 16.4 Å². The SMILES string of the molecule is CS(=O)(=O)Nc1ccc(C(=O)Nc2ccc(S(=O)(=O)Nc3ccc(Cl)cc3Cl)cc2)c(Cl)c1. The first-order valence-electron chi connectivity index (χ1n) is 9.01. The van der Waals surface area contributed by atoms with Crippen LogP contribution in [-0.2, 0) is 20.0 Å². The van der Waals surface area contributed by atoms with Crippen LogP contribution < -0.4 is 14.8 Å². The van der Waals surface area contributed by atoms with Gasteiger partial charge in [-0.25, -0.2) is 16.8 Å². The second-order valence-electron chi connectivity index (χ2n) is 6.78. The molecule has 3 aromatic carbocycles. The first kappa shape index (κ1) is 25.1. The summed E-state index contributed by atoms with van der Waals surface area (Å²) >= 11 is 17.9. The van der Waals surface area contributed by atoms with E-state index in [0.29, 0.717) is 10.7 Å². The van der Waals surface area contributed by atoms with E-state index in [1.54, 1.807) is 0 Å². The minimum atomic E-state index is -3.94. The Morgan fingerprint density at radius 2 is 1.39 bits per heavy atom. The molecule has 3 N–H and O–H groups in total. The third kappa shape index (κ3) is 6.75. The summed E-state index contributed by atoms with van der Waals surface area (Å²) < 4.78 is 52.5. The highest BCUT2D eigenvalue weighted by molar-refractivity contribution is 7.92. The normalized spacial score (nSPS) is 11.6. The smallest absolute Gasteiger partial charge is 0.261 e. The third-order valence-electron chi connectivity index (χ3n) is 4.11. The molecular weight excluding hydrogens is 533 g/mol. The predicted octanol–water partition coefficient (Wildman–Crippen LogP) is 5.07. The van der Waals surface area contributed by atoms with E-state index in [0.717, 1.165) is 6.26 Å². The summed E-state index contributed by atoms with van der Waals surface area (Å²) in [6.07, 6.45) is 0.991. The average Bonchev–Trinajstić information content (AvgIpc) is 2.69. The van der Waals surface area contributed by atoms with Crippen LogP contribution in [0.3, 0.4) is 0 Å². The molecule has 0 fully saturated rings. The number of sulfonamides is 2. The van der Waals surface area contributed by atoms with Crippen molar-refractivity contribution in [2.45, 2.75) is 4.90 Å². The van der Waals surface area contributed by atoms with Crippen molar-refractivity contribution in [1.29, 1.82) is 0 Å². The minimum absolute atomic E-state index is 0.0318. The van der Waals surface area contributed by atoms with Crippen LogP contribution in [0, 0.1) is 0 Å². The van der Waals surface area contributed by atoms with Gasteiger partial charge in [0.1, 0.15) is 0 Å². The van der Waals surface area contributed by atoms with Gasteiger partial charge in [-0.2, -0.15) is 0 Å². The summed E-state index contributed by atoms with van der Waals surface area (Å²) in [4.78, 5) is 12.5. The van der Waals surface area contributed by atoms with Gasteiger partial charge >= 0.3 is 0 Å². The van der Waals surface area contributed by atoms with Crippen molar-refractivity contribution in [3.8, 4) is 0 Å². The van der Waals surface area contributed by atoms with Crippen LogP contribution in [0.2, 0.25) is 15.1 Å². The van der Waals surface area contributed by atoms with Gasteiger partial charge in [0.25, 0.3) is 15.9 Å². The highest BCUT2D eigenvalue weighted by atomic mass is 35.5. The zero-order chi connectivity index (χ0) is 24.4. The molecule has 33 heavy (non-hydrogen) atoms. The summed E-state index contributed by atoms with van der Waals surface area (Å²) in [7, 11) is -7.43. The number of nitrogens with one attached hydrogen (secondary N) is 3. The monoisotopic (exact) mass is 547 g/mol. The van der Waals surface area contributed by atoms with Crippen molar-refractivity contribution in [3.05, 3.63) is 81.3 Å². The Balaban J connectivity index is 1.73. The van der Waals surface area contributed by atoms with Crippen molar-refractivity contribution in [1.82, 2.24) is 0 Å². The molecule has 8 nitrogen and oxygen atoms in total. The van der Waals surface area contributed by atoms with E-state index in [1.165, 1.54) is 60.7 Å². The van der Waals surface area contributed by atoms with Gasteiger partial charge in [0.2, 0.25) is 10.0 Å². The van der Waals surface area contributed by atoms with Crippen LogP contribution in [-0.4, -0.2) is 29.0 Å². The van der Waals surface area contributed by atoms with Crippen LogP contribution in [0.4, 0.5) is 17.1 Å². The van der Waals surface area contributed by atoms with Gasteiger partial charge in [-0.3, -0.25) is 14.2 Å². The Kier molecular flexibility index (Phi) is 7.45. The van der Waals surface area contributed by atoms with E-state index in [2.05, 4.69) is 14.8 Å². The maximum atomic E-state index is 12.6. The van der Waals surface area contributed by atoms with E-state index in [4.69, 9.17) is 34.8 Å². The Labute approximate surface area is 206 Å². The van der Waals surface area contributed by atoms with E-state index in [-0.39, 0.29) is 31.9 Å². The highest BCUT2D eigenvalue weighted by Crippen LogP contribution is 2.28. The van der Waals surface area contributed by atoms with Gasteiger partial charge in [-0.15, -0.1) is 0 Å². The number of hydrogen-bond donors (Lipinski definition) is 3. The van der Waals surface area contributed by atoms with Crippen LogP contribution in [0.15, 0.2) is 65.6 Å². The van der Waals surface area contributed by atoms with E-state index in [9.17, 15) is 21.6 Å². The van der Waals surface area contributed by atoms with Gasteiger partial charge < -0.3 is 5.32 Å². The van der Waals surface area contributed by atoms with Gasteiger partial charge in [0.05, 0.1) is 32.4 Å². The molecule has 0 spiro atoms. The van der Waals surface area contributed by atoms with Crippen molar-refractivity contribution in [2.75, 3.05) is 21.0 Å². The molecule has 0 radical (unpaired) electrons. The summed E-state index contributed by atoms with van der Waals surface area (Å²) in [6.45, 7) is 0. The van der Waals surface area contributed by atoms with Crippen LogP contribution in [0.5, 0.6) is 0 Å². The maximum Gasteiger partial charge on any atom is 0.261 e. The Hall–Kier alpha value is -2.50. The molecule has 174 valence electrons. The second-order valence-corrected chi connectivity index (χ2v) is 11.5. The predicted molar refractivity (Wildman–Crippen MR) is 132 cm³/mol. The fraction of sp³-hybridized carbons (Fsp3) is 0.0500. The molecule has 0 atom stereocenters. The zero-order valence-electron chi connectivity index (χ0n) is 16.8. The number of carbonyl (C=O) groups excluding carboxylic acids is 1. The van der Waals surface area contributed by atoms with E-state index < -0.39 is 26.0 Å². The number of rotatable bonds is 7. The van der Waals surface area contributed by atoms with Crippen LogP contribution >= 0.6 is 34.8 Å². The van der Waals surface area contributed by atoms with Gasteiger partial charge in [-0.1, -0.05) is 34.8 Å². The summed E-state index contributed by atoms with van der Waals surface area (Å²) in [5, 5.41) is 3.14. The lowest BCUT2D eigenvalue weighted by Crippen LogP contribution is -2.15. The van der Waals surface area contributed by atoms with Crippen molar-refractivity contribution >= 4 is 77.8 Å². The number of carbonyl (C=O) groups is 1. The largest absolute Gasteiger partial charge is 0.322 e. The molecule has 0 heterocycles. The second kappa shape index (κ2) is 9.78. The van der Waals surface area contributed by atoms with E-state index in [1.807, 2.05) is 0 Å². The molecule has 0 bridgehead atoms. The van der Waals surface area contributed by atoms with Crippen LogP contribution in [0.25, 0.3) is 0 Å². The number of hydrogen-bond acceptors (Lipinski definition) is 5. The van der Waals surface area contributed by atoms with Crippen molar-refractivity contribution in [3.63, 3.8) is 0 Å². The van der Waals surface area contributed by atoms with Crippen molar-refractivity contribution in [2.24, 2.45) is 0 Å². The Bertz CT molecular complexity index is 1430. The van der Waals surface area contributed by atoms with E-state index >= 15 is 0 Å². The molecule has 1 amide bonds. The molecule has 0 aromatic heterocycles. The lowest BCUT2D eigenvalue weighted by molar-refractivity contribution is 0.102. The highest BCUT2D eigenvalue weighted by Gasteiger charge is 2.17. The minimum Gasteiger partial charge on any atom is -0.322 e. The molecular formula is C20H16Cl3N3O5S2. The van der Waals surface area contributed by atoms with Crippen molar-refractivity contribution < 1.29 is 21.6 Å². The van der Waals surface area contributed by atoms with Crippen LogP contribution in [0.1, 0.15) is 10.4 Å². The first-order chi connectivity index (χ1) is 15.3. The molecule has 0 saturated carbocycles. The quantitative estimate of drug-likeness (QED) is 0.380. The summed E-state index contributed by atoms with van der Waals surface area (Å²) in [6, 6.07) is 13.8. The molecule has 3 rings (SSSR count). The molecule has 0 aliphatic heterocycles. The summed E-state index contributed by atoms with van der Waals surface area (Å²) in [5.74, 6) is -0.562. The fourth-order valence-corrected chi connectivity index (χ4v) is 5.08. The Morgan fingerprint density at radius 3 is 1.97 bits per heavy atom. The number of amides is 1. The molecule has 0 aliphatic carbocycles. The van der Waals surface area contributed by atoms with Gasteiger partial charge in [0.15, 0.2) is 0 Å². The number of anilines is 3. The maximum absolute atomic E-state index is 12.6. The lowest BCUT2D eigenvalue weighted by Gasteiger charge is -2.11. The fourth-order valence-electron chi connectivity index (χ4n) is 2.67. The standard InChI is InChI=1S/C20H16Cl3N3O5S2/c1-32(28,29)25-14-5-8-16(17(22)11-14)20(27)24-13-3-6-15(7-4-13)33(30,31)26-19-9-2-12(21)10-18(19)23/h2-11,25-26H,1H3,(H,24,27). The van der Waals surface area contributed by atoms with Gasteiger partial charge in [-0.05, 0) is 60.7 Å². The first-order valence-corrected chi connectivity index (χ1v) is 13.5. The Morgan fingerprint density at radius 1 is 0.758 bits per heavy atom. The zero-order valence-corrected chi connectivity index (χ0v) is 20.7. The average molecular weight is 549 g/mol. The molecule has 0 saturated heterocycles. The molecule has 3 aromatic rings. The molecule has 0 unspecified atom stereocenters. The topological polar surface area (TPSA) is 121 Å². The third-order valence-corrected chi connectivity index (χ3v) is 6.96. The summed E-state index contributed by atoms with van der Waals surface area (Å²) in [5.41, 5.74) is 0.799. The number of benzene rings is 3. The molecule has 0 aliphatic rings. The lowest BCUT2D eigenvalue weighted by atomic mass is 10.2. The number of halogens is 3.